The number of benzene rings is 2. The van der Waals surface area contributed by atoms with E-state index in [1.165, 1.54) is 5.56 Å². The van der Waals surface area contributed by atoms with E-state index in [1.807, 2.05) is 61.0 Å². The average Bonchev–Trinajstić information content (AvgIpc) is 3.53. The van der Waals surface area contributed by atoms with Gasteiger partial charge in [-0.25, -0.2) is 4.79 Å². The van der Waals surface area contributed by atoms with Gasteiger partial charge in [-0.1, -0.05) is 29.4 Å². The smallest absolute Gasteiger partial charge is 0.326 e. The van der Waals surface area contributed by atoms with Gasteiger partial charge in [-0.2, -0.15) is 4.98 Å². The van der Waals surface area contributed by atoms with Crippen LogP contribution in [-0.4, -0.2) is 22.4 Å². The Morgan fingerprint density at radius 3 is 2.53 bits per heavy atom. The number of carbonyl (C=O) groups excluding carboxylic acids is 1. The van der Waals surface area contributed by atoms with E-state index >= 15 is 0 Å². The van der Waals surface area contributed by atoms with E-state index in [0.717, 1.165) is 37.9 Å². The van der Waals surface area contributed by atoms with Crippen molar-refractivity contribution in [2.45, 2.75) is 31.7 Å². The molecule has 0 saturated carbocycles. The summed E-state index contributed by atoms with van der Waals surface area (Å²) < 4.78 is 5.77. The lowest BCUT2D eigenvalue weighted by atomic mass is 9.92. The van der Waals surface area contributed by atoms with Crippen LogP contribution in [0.5, 0.6) is 0 Å². The monoisotopic (exact) mass is 488 g/mol. The van der Waals surface area contributed by atoms with Crippen molar-refractivity contribution in [1.29, 1.82) is 0 Å². The summed E-state index contributed by atoms with van der Waals surface area (Å²) in [6.45, 7) is 6.08. The predicted molar refractivity (Wildman–Crippen MR) is 138 cm³/mol. The molecule has 3 heterocycles. The Balaban J connectivity index is 1.65. The molecule has 2 aromatic carbocycles. The Bertz CT molecular complexity index is 1370. The Labute approximate surface area is 206 Å². The van der Waals surface area contributed by atoms with Crippen molar-refractivity contribution >= 4 is 40.4 Å². The lowest BCUT2D eigenvalue weighted by Gasteiger charge is -2.35. The van der Waals surface area contributed by atoms with E-state index < -0.39 is 6.04 Å². The number of nitrogens with zero attached hydrogens (tertiary/aromatic N) is 3. The number of nitrogens with one attached hydrogen (secondary N) is 1. The molecular weight excluding hydrogens is 464 g/mol. The third kappa shape index (κ3) is 4.03. The molecule has 1 N–H and O–H groups in total. The lowest BCUT2D eigenvalue weighted by Crippen LogP contribution is -2.46. The molecule has 6 nitrogen and oxygen atoms in total. The summed E-state index contributed by atoms with van der Waals surface area (Å²) in [4.78, 5) is 21.8. The van der Waals surface area contributed by atoms with Gasteiger partial charge in [0.05, 0.1) is 22.2 Å². The fourth-order valence-electron chi connectivity index (χ4n) is 4.10. The average molecular weight is 489 g/mol. The molecule has 0 spiro atoms. The third-order valence-corrected chi connectivity index (χ3v) is 7.69. The van der Waals surface area contributed by atoms with Crippen molar-refractivity contribution in [1.82, 2.24) is 15.5 Å². The number of amides is 2. The fraction of sp³-hybridized carbons (Fsp3) is 0.192. The summed E-state index contributed by atoms with van der Waals surface area (Å²) in [6.07, 6.45) is 2.03. The SMILES string of the molecule is CSc1ccc(N2C(=O)NC(c3ccc(C)c(C)c3)C(c3nc(-c4cccs4)no3)=C2C)cc1. The van der Waals surface area contributed by atoms with Crippen LogP contribution in [0, 0.1) is 13.8 Å². The number of thiophene rings is 1. The molecule has 4 aromatic rings. The zero-order chi connectivity index (χ0) is 23.8. The summed E-state index contributed by atoms with van der Waals surface area (Å²) in [7, 11) is 0. The number of hydrogen-bond acceptors (Lipinski definition) is 6. The fourth-order valence-corrected chi connectivity index (χ4v) is 5.15. The number of rotatable bonds is 5. The second-order valence-electron chi connectivity index (χ2n) is 8.16. The summed E-state index contributed by atoms with van der Waals surface area (Å²) in [5.74, 6) is 0.937. The van der Waals surface area contributed by atoms with E-state index in [9.17, 15) is 4.79 Å². The van der Waals surface area contributed by atoms with Crippen LogP contribution in [0.2, 0.25) is 0 Å². The van der Waals surface area contributed by atoms with Crippen LogP contribution >= 0.6 is 23.1 Å². The summed E-state index contributed by atoms with van der Waals surface area (Å²) >= 11 is 3.22. The molecule has 0 aliphatic carbocycles. The minimum Gasteiger partial charge on any atom is -0.334 e. The van der Waals surface area contributed by atoms with E-state index in [-0.39, 0.29) is 6.03 Å². The molecule has 0 radical (unpaired) electrons. The van der Waals surface area contributed by atoms with Gasteiger partial charge in [0.1, 0.15) is 0 Å². The number of aromatic nitrogens is 2. The molecule has 1 atom stereocenters. The standard InChI is InChI=1S/C26H24N4O2S2/c1-15-7-8-18(14-16(15)2)23-22(25-28-24(29-32-25)21-6-5-13-34-21)17(3)30(26(31)27-23)19-9-11-20(33-4)12-10-19/h5-14,23H,1-4H3,(H,27,31). The highest BCUT2D eigenvalue weighted by Crippen LogP contribution is 2.40. The van der Waals surface area contributed by atoms with Crippen molar-refractivity contribution in [3.05, 3.63) is 88.3 Å². The highest BCUT2D eigenvalue weighted by molar-refractivity contribution is 7.98. The van der Waals surface area contributed by atoms with Gasteiger partial charge in [0.2, 0.25) is 5.82 Å². The molecule has 0 fully saturated rings. The Morgan fingerprint density at radius 1 is 1.06 bits per heavy atom. The van der Waals surface area contributed by atoms with Crippen LogP contribution in [0.15, 0.2) is 75.1 Å². The number of urea groups is 1. The molecule has 0 bridgehead atoms. The van der Waals surface area contributed by atoms with E-state index in [4.69, 9.17) is 9.51 Å². The maximum absolute atomic E-state index is 13.4. The maximum atomic E-state index is 13.4. The van der Waals surface area contributed by atoms with Crippen LogP contribution in [-0.2, 0) is 0 Å². The molecule has 34 heavy (non-hydrogen) atoms. The molecule has 2 amide bonds. The Kier molecular flexibility index (Phi) is 6.02. The zero-order valence-electron chi connectivity index (χ0n) is 19.3. The number of aryl methyl sites for hydroxylation is 2. The number of carbonyl (C=O) groups is 1. The summed E-state index contributed by atoms with van der Waals surface area (Å²) in [5, 5.41) is 9.38. The lowest BCUT2D eigenvalue weighted by molar-refractivity contribution is 0.244. The second kappa shape index (κ2) is 9.12. The molecule has 8 heteroatoms. The van der Waals surface area contributed by atoms with Gasteiger partial charge in [0.15, 0.2) is 0 Å². The second-order valence-corrected chi connectivity index (χ2v) is 9.99. The first-order chi connectivity index (χ1) is 16.5. The minimum absolute atomic E-state index is 0.195. The highest BCUT2D eigenvalue weighted by atomic mass is 32.2. The summed E-state index contributed by atoms with van der Waals surface area (Å²) in [6, 6.07) is 17.5. The van der Waals surface area contributed by atoms with Crippen LogP contribution in [0.25, 0.3) is 16.3 Å². The first kappa shape index (κ1) is 22.4. The molecule has 5 rings (SSSR count). The molecular formula is C26H24N4O2S2. The Morgan fingerprint density at radius 2 is 1.85 bits per heavy atom. The molecule has 0 saturated heterocycles. The Hall–Kier alpha value is -3.36. The van der Waals surface area contributed by atoms with Crippen molar-refractivity contribution in [3.63, 3.8) is 0 Å². The highest BCUT2D eigenvalue weighted by Gasteiger charge is 2.36. The van der Waals surface area contributed by atoms with E-state index in [2.05, 4.69) is 36.5 Å². The largest absolute Gasteiger partial charge is 0.334 e. The summed E-state index contributed by atoms with van der Waals surface area (Å²) in [5.41, 5.74) is 5.64. The number of allylic oxidation sites excluding steroid dienone is 1. The van der Waals surface area contributed by atoms with Gasteiger partial charge in [0, 0.05) is 10.6 Å². The third-order valence-electron chi connectivity index (χ3n) is 6.08. The zero-order valence-corrected chi connectivity index (χ0v) is 21.0. The minimum atomic E-state index is -0.412. The normalized spacial score (nSPS) is 16.2. The van der Waals surface area contributed by atoms with E-state index in [1.54, 1.807) is 28.0 Å². The molecule has 1 unspecified atom stereocenters. The topological polar surface area (TPSA) is 71.3 Å². The van der Waals surface area contributed by atoms with Gasteiger partial charge >= 0.3 is 6.03 Å². The van der Waals surface area contributed by atoms with Gasteiger partial charge in [-0.3, -0.25) is 4.90 Å². The molecule has 172 valence electrons. The van der Waals surface area contributed by atoms with Crippen LogP contribution in [0.4, 0.5) is 10.5 Å². The van der Waals surface area contributed by atoms with E-state index in [0.29, 0.717) is 11.7 Å². The van der Waals surface area contributed by atoms with Gasteiger partial charge in [-0.05, 0) is 79.4 Å². The van der Waals surface area contributed by atoms with Crippen molar-refractivity contribution < 1.29 is 9.32 Å². The molecule has 1 aliphatic rings. The number of anilines is 1. The van der Waals surface area contributed by atoms with Gasteiger partial charge in [0.25, 0.3) is 5.89 Å². The van der Waals surface area contributed by atoms with Crippen molar-refractivity contribution in [3.8, 4) is 10.7 Å². The van der Waals surface area contributed by atoms with Crippen molar-refractivity contribution in [2.24, 2.45) is 0 Å². The van der Waals surface area contributed by atoms with Crippen molar-refractivity contribution in [2.75, 3.05) is 11.2 Å². The van der Waals surface area contributed by atoms with Gasteiger partial charge in [-0.15, -0.1) is 23.1 Å². The van der Waals surface area contributed by atoms with Crippen LogP contribution in [0.3, 0.4) is 0 Å². The van der Waals surface area contributed by atoms with Gasteiger partial charge < -0.3 is 9.84 Å². The number of thioether (sulfide) groups is 1. The maximum Gasteiger partial charge on any atom is 0.326 e. The molecule has 2 aromatic heterocycles. The first-order valence-corrected chi connectivity index (χ1v) is 13.0. The molecule has 1 aliphatic heterocycles. The van der Waals surface area contributed by atoms with Crippen LogP contribution in [0.1, 0.15) is 35.5 Å². The quantitative estimate of drug-likeness (QED) is 0.311. The predicted octanol–water partition coefficient (Wildman–Crippen LogP) is 6.84. The van der Waals surface area contributed by atoms with Crippen LogP contribution < -0.4 is 10.2 Å². The number of hydrogen-bond donors (Lipinski definition) is 1. The first-order valence-electron chi connectivity index (χ1n) is 10.9.